The molecule has 3 aromatic carbocycles. The van der Waals surface area contributed by atoms with E-state index >= 15 is 0 Å². The lowest BCUT2D eigenvalue weighted by Gasteiger charge is -2.27. The highest BCUT2D eigenvalue weighted by atomic mass is 16.6. The van der Waals surface area contributed by atoms with Crippen LogP contribution in [0.1, 0.15) is 20.8 Å². The van der Waals surface area contributed by atoms with Crippen molar-refractivity contribution in [2.75, 3.05) is 18.1 Å². The van der Waals surface area contributed by atoms with Gasteiger partial charge in [0.15, 0.2) is 0 Å². The molecule has 0 aromatic heterocycles. The number of nitro groups is 1. The molecular weight excluding hydrogens is 388 g/mol. The van der Waals surface area contributed by atoms with Crippen molar-refractivity contribution in [2.45, 2.75) is 26.8 Å². The van der Waals surface area contributed by atoms with Crippen LogP contribution in [0.4, 0.5) is 16.2 Å². The zero-order valence-electron chi connectivity index (χ0n) is 17.0. The number of anilines is 1. The van der Waals surface area contributed by atoms with Crippen LogP contribution in [-0.2, 0) is 14.3 Å². The third kappa shape index (κ3) is 4.03. The molecule has 0 radical (unpaired) electrons. The van der Waals surface area contributed by atoms with Crippen molar-refractivity contribution in [3.05, 3.63) is 58.6 Å². The van der Waals surface area contributed by atoms with Crippen LogP contribution in [-0.4, -0.2) is 36.2 Å². The molecule has 0 aliphatic carbocycles. The van der Waals surface area contributed by atoms with E-state index in [0.29, 0.717) is 5.69 Å². The van der Waals surface area contributed by atoms with Gasteiger partial charge in [0, 0.05) is 17.8 Å². The summed E-state index contributed by atoms with van der Waals surface area (Å²) in [6.45, 7) is 5.35. The van der Waals surface area contributed by atoms with Crippen LogP contribution in [0.3, 0.4) is 0 Å². The van der Waals surface area contributed by atoms with Crippen molar-refractivity contribution >= 4 is 45.0 Å². The van der Waals surface area contributed by atoms with Gasteiger partial charge in [-0.15, -0.1) is 0 Å². The fourth-order valence-electron chi connectivity index (χ4n) is 3.36. The quantitative estimate of drug-likeness (QED) is 0.250. The largest absolute Gasteiger partial charge is 0.464 e. The first-order valence-electron chi connectivity index (χ1n) is 9.61. The molecule has 0 fully saturated rings. The van der Waals surface area contributed by atoms with Crippen molar-refractivity contribution in [1.82, 2.24) is 0 Å². The predicted octanol–water partition coefficient (Wildman–Crippen LogP) is 4.82. The number of benzene rings is 3. The Morgan fingerprint density at radius 1 is 0.967 bits per heavy atom. The summed E-state index contributed by atoms with van der Waals surface area (Å²) in [6.07, 6.45) is -0.645. The van der Waals surface area contributed by atoms with E-state index < -0.39 is 23.0 Å². The summed E-state index contributed by atoms with van der Waals surface area (Å²) in [4.78, 5) is 36.7. The lowest BCUT2D eigenvalue weighted by molar-refractivity contribution is -0.384. The van der Waals surface area contributed by atoms with Gasteiger partial charge in [-0.1, -0.05) is 18.2 Å². The van der Waals surface area contributed by atoms with E-state index in [1.54, 1.807) is 45.0 Å². The summed E-state index contributed by atoms with van der Waals surface area (Å²) in [6, 6.07) is 12.8. The lowest BCUT2D eigenvalue weighted by atomic mass is 10.0. The normalized spacial score (nSPS) is 11.8. The van der Waals surface area contributed by atoms with E-state index in [1.807, 2.05) is 12.1 Å². The Labute approximate surface area is 173 Å². The maximum absolute atomic E-state index is 12.6. The third-order valence-corrected chi connectivity index (χ3v) is 4.77. The van der Waals surface area contributed by atoms with Crippen LogP contribution in [0.25, 0.3) is 21.5 Å². The number of fused-ring (bicyclic) bond motifs is 3. The van der Waals surface area contributed by atoms with Gasteiger partial charge in [-0.25, -0.2) is 9.59 Å². The Morgan fingerprint density at radius 3 is 2.17 bits per heavy atom. The zero-order valence-corrected chi connectivity index (χ0v) is 17.0. The number of non-ortho nitro benzene ring substituents is 1. The van der Waals surface area contributed by atoms with Gasteiger partial charge < -0.3 is 9.47 Å². The van der Waals surface area contributed by atoms with Crippen molar-refractivity contribution in [3.8, 4) is 0 Å². The zero-order chi connectivity index (χ0) is 21.8. The molecule has 30 heavy (non-hydrogen) atoms. The van der Waals surface area contributed by atoms with Gasteiger partial charge in [0.05, 0.1) is 18.1 Å². The molecule has 0 N–H and O–H groups in total. The molecular formula is C22H22N2O6. The summed E-state index contributed by atoms with van der Waals surface area (Å²) >= 11 is 0. The van der Waals surface area contributed by atoms with Crippen LogP contribution in [0.15, 0.2) is 48.5 Å². The molecule has 3 aromatic rings. The van der Waals surface area contributed by atoms with E-state index in [-0.39, 0.29) is 18.9 Å². The number of rotatable bonds is 6. The molecule has 8 heteroatoms. The Hall–Kier alpha value is -3.68. The predicted molar refractivity (Wildman–Crippen MR) is 114 cm³/mol. The third-order valence-electron chi connectivity index (χ3n) is 4.77. The van der Waals surface area contributed by atoms with Gasteiger partial charge in [-0.3, -0.25) is 15.0 Å². The summed E-state index contributed by atoms with van der Waals surface area (Å²) in [7, 11) is 0. The number of amides is 1. The fraction of sp³-hybridized carbons (Fsp3) is 0.273. The first kappa shape index (κ1) is 21.0. The molecule has 1 atom stereocenters. The minimum absolute atomic E-state index is 0.0233. The average molecular weight is 410 g/mol. The summed E-state index contributed by atoms with van der Waals surface area (Å²) in [5, 5.41) is 14.3. The number of ether oxygens (including phenoxy) is 2. The fourth-order valence-corrected chi connectivity index (χ4v) is 3.36. The SMILES string of the molecule is CCOC(=O)C(C)N(C(=O)OCC)c1ccc2c(ccc3cc([N+](=O)[O-])ccc32)c1. The number of nitro benzene ring substituents is 1. The molecule has 0 spiro atoms. The highest BCUT2D eigenvalue weighted by Crippen LogP contribution is 2.31. The van der Waals surface area contributed by atoms with Crippen molar-refractivity contribution in [1.29, 1.82) is 0 Å². The standard InChI is InChI=1S/C22H22N2O6/c1-4-29-21(25)14(3)23(22(26)30-5-2)17-8-10-19-15(12-17)6-7-16-13-18(24(27)28)9-11-20(16)19/h6-14H,4-5H2,1-3H3. The molecule has 156 valence electrons. The topological polar surface area (TPSA) is 99.0 Å². The molecule has 0 aliphatic rings. The summed E-state index contributed by atoms with van der Waals surface area (Å²) in [5.74, 6) is -0.531. The number of hydrogen-bond acceptors (Lipinski definition) is 6. The van der Waals surface area contributed by atoms with Crippen molar-refractivity contribution in [3.63, 3.8) is 0 Å². The van der Waals surface area contributed by atoms with E-state index in [2.05, 4.69) is 0 Å². The van der Waals surface area contributed by atoms with Crippen molar-refractivity contribution < 1.29 is 24.0 Å². The van der Waals surface area contributed by atoms with Gasteiger partial charge in [-0.05, 0) is 60.5 Å². The van der Waals surface area contributed by atoms with Crippen LogP contribution in [0, 0.1) is 10.1 Å². The second kappa shape index (κ2) is 8.77. The van der Waals surface area contributed by atoms with Gasteiger partial charge in [0.1, 0.15) is 6.04 Å². The molecule has 8 nitrogen and oxygen atoms in total. The second-order valence-corrected chi connectivity index (χ2v) is 6.63. The minimum Gasteiger partial charge on any atom is -0.464 e. The van der Waals surface area contributed by atoms with Gasteiger partial charge in [-0.2, -0.15) is 0 Å². The van der Waals surface area contributed by atoms with E-state index in [0.717, 1.165) is 21.5 Å². The molecule has 3 rings (SSSR count). The molecule has 0 aliphatic heterocycles. The molecule has 0 saturated carbocycles. The molecule has 1 unspecified atom stereocenters. The van der Waals surface area contributed by atoms with Gasteiger partial charge in [0.2, 0.25) is 0 Å². The first-order valence-corrected chi connectivity index (χ1v) is 9.61. The second-order valence-electron chi connectivity index (χ2n) is 6.63. The lowest BCUT2D eigenvalue weighted by Crippen LogP contribution is -2.44. The average Bonchev–Trinajstić information content (AvgIpc) is 2.73. The van der Waals surface area contributed by atoms with E-state index in [9.17, 15) is 19.7 Å². The number of carbonyl (C=O) groups excluding carboxylic acids is 2. The first-order chi connectivity index (χ1) is 14.4. The molecule has 0 bridgehead atoms. The van der Waals surface area contributed by atoms with Crippen LogP contribution < -0.4 is 4.90 Å². The highest BCUT2D eigenvalue weighted by Gasteiger charge is 2.29. The Morgan fingerprint density at radius 2 is 1.57 bits per heavy atom. The highest BCUT2D eigenvalue weighted by molar-refractivity contribution is 6.09. The van der Waals surface area contributed by atoms with Crippen LogP contribution >= 0.6 is 0 Å². The minimum atomic E-state index is -0.871. The molecule has 0 saturated heterocycles. The maximum atomic E-state index is 12.6. The van der Waals surface area contributed by atoms with E-state index in [4.69, 9.17) is 9.47 Å². The van der Waals surface area contributed by atoms with Gasteiger partial charge >= 0.3 is 12.1 Å². The number of carbonyl (C=O) groups is 2. The summed E-state index contributed by atoms with van der Waals surface area (Å²) < 4.78 is 10.2. The van der Waals surface area contributed by atoms with E-state index in [1.165, 1.54) is 17.0 Å². The van der Waals surface area contributed by atoms with Crippen molar-refractivity contribution in [2.24, 2.45) is 0 Å². The number of nitrogens with zero attached hydrogens (tertiary/aromatic N) is 2. The maximum Gasteiger partial charge on any atom is 0.415 e. The Balaban J connectivity index is 2.09. The van der Waals surface area contributed by atoms with Crippen LogP contribution in [0.2, 0.25) is 0 Å². The molecule has 1 amide bonds. The van der Waals surface area contributed by atoms with Crippen LogP contribution in [0.5, 0.6) is 0 Å². The Kier molecular flexibility index (Phi) is 6.15. The smallest absolute Gasteiger partial charge is 0.415 e. The number of hydrogen-bond donors (Lipinski definition) is 0. The van der Waals surface area contributed by atoms with Gasteiger partial charge in [0.25, 0.3) is 5.69 Å². The Bertz CT molecular complexity index is 1130. The number of esters is 1. The molecule has 0 heterocycles. The monoisotopic (exact) mass is 410 g/mol. The summed E-state index contributed by atoms with van der Waals surface area (Å²) in [5.41, 5.74) is 0.512.